The number of carbonyl (C=O) groups is 7. The van der Waals surface area contributed by atoms with E-state index in [-0.39, 0.29) is 6.61 Å². The maximum atomic E-state index is 12.3. The molecule has 2 aliphatic heterocycles. The fourth-order valence-electron chi connectivity index (χ4n) is 5.52. The van der Waals surface area contributed by atoms with E-state index in [1.165, 1.54) is 6.92 Å². The summed E-state index contributed by atoms with van der Waals surface area (Å²) in [4.78, 5) is 83.8. The zero-order valence-corrected chi connectivity index (χ0v) is 25.4. The Morgan fingerprint density at radius 3 is 1.67 bits per heavy atom. The number of allylic oxidation sites excluding steroid dienone is 1. The van der Waals surface area contributed by atoms with Crippen molar-refractivity contribution in [2.75, 3.05) is 13.2 Å². The molecule has 17 nitrogen and oxygen atoms in total. The van der Waals surface area contributed by atoms with Gasteiger partial charge >= 0.3 is 41.8 Å². The molecular weight excluding hydrogens is 608 g/mol. The summed E-state index contributed by atoms with van der Waals surface area (Å²) in [6, 6.07) is 0. The average molecular weight is 645 g/mol. The lowest BCUT2D eigenvalue weighted by atomic mass is 9.77. The van der Waals surface area contributed by atoms with Gasteiger partial charge in [-0.25, -0.2) is 0 Å². The molecular formula is C28H36O17. The largest absolute Gasteiger partial charge is 0.481 e. The Balaban J connectivity index is 2.07. The van der Waals surface area contributed by atoms with Crippen LogP contribution in [0.15, 0.2) is 12.2 Å². The Bertz CT molecular complexity index is 1200. The van der Waals surface area contributed by atoms with Crippen molar-refractivity contribution in [1.29, 1.82) is 0 Å². The summed E-state index contributed by atoms with van der Waals surface area (Å²) in [6.07, 6.45) is -7.62. The number of ether oxygens (including phenoxy) is 9. The summed E-state index contributed by atoms with van der Waals surface area (Å²) in [5.74, 6) is -9.92. The molecule has 17 heteroatoms. The maximum absolute atomic E-state index is 12.3. The van der Waals surface area contributed by atoms with Crippen LogP contribution in [0.1, 0.15) is 41.5 Å². The van der Waals surface area contributed by atoms with Crippen LogP contribution >= 0.6 is 0 Å². The van der Waals surface area contributed by atoms with Crippen molar-refractivity contribution < 1.29 is 81.3 Å². The van der Waals surface area contributed by atoms with Crippen molar-refractivity contribution in [2.24, 2.45) is 23.7 Å². The highest BCUT2D eigenvalue weighted by atomic mass is 16.8. The number of hydrogen-bond donors (Lipinski definition) is 1. The van der Waals surface area contributed by atoms with Crippen LogP contribution in [0.25, 0.3) is 0 Å². The standard InChI is InChI=1S/C28H36O17/c1-11(29)37-9-17-7-8-18-20(17)26(44-27(42-16(6)34)21(18)25(35)36)45-28-24(41-15(5)33)23(40-14(4)32)22(39-13(3)31)19(43-28)10-38-12(2)30/h7-8,17-24,26-28H,9-10H2,1-6H3,(H,35,36)/t17-,18+,19-,20-,21-,22-,23+,24-,26+,27+,28+/m1/s1. The Morgan fingerprint density at radius 2 is 1.13 bits per heavy atom. The number of carbonyl (C=O) groups excluding carboxylic acids is 6. The third-order valence-corrected chi connectivity index (χ3v) is 7.07. The smallest absolute Gasteiger partial charge is 0.313 e. The summed E-state index contributed by atoms with van der Waals surface area (Å²) in [5.41, 5.74) is 0. The zero-order valence-electron chi connectivity index (χ0n) is 25.4. The van der Waals surface area contributed by atoms with Gasteiger partial charge in [0.15, 0.2) is 24.6 Å². The minimum absolute atomic E-state index is 0.195. The van der Waals surface area contributed by atoms with Crippen LogP contribution in [0.4, 0.5) is 0 Å². The second kappa shape index (κ2) is 15.3. The van der Waals surface area contributed by atoms with Gasteiger partial charge in [-0.3, -0.25) is 33.6 Å². The van der Waals surface area contributed by atoms with E-state index in [0.717, 1.165) is 34.6 Å². The first-order valence-corrected chi connectivity index (χ1v) is 13.9. The number of rotatable bonds is 11. The Kier molecular flexibility index (Phi) is 12.0. The monoisotopic (exact) mass is 644 g/mol. The molecule has 0 bridgehead atoms. The highest BCUT2D eigenvalue weighted by Gasteiger charge is 2.58. The van der Waals surface area contributed by atoms with Crippen LogP contribution in [0.3, 0.4) is 0 Å². The molecule has 0 amide bonds. The lowest BCUT2D eigenvalue weighted by Gasteiger charge is -2.48. The third-order valence-electron chi connectivity index (χ3n) is 7.07. The predicted molar refractivity (Wildman–Crippen MR) is 141 cm³/mol. The topological polar surface area (TPSA) is 223 Å². The summed E-state index contributed by atoms with van der Waals surface area (Å²) < 4.78 is 49.7. The van der Waals surface area contributed by atoms with E-state index >= 15 is 0 Å². The molecule has 0 saturated carbocycles. The Labute approximate surface area is 257 Å². The van der Waals surface area contributed by atoms with E-state index in [1.807, 2.05) is 0 Å². The number of fused-ring (bicyclic) bond motifs is 1. The van der Waals surface area contributed by atoms with Gasteiger partial charge in [0.2, 0.25) is 12.6 Å². The van der Waals surface area contributed by atoms with Gasteiger partial charge in [0.25, 0.3) is 0 Å². The first kappa shape index (κ1) is 35.4. The van der Waals surface area contributed by atoms with E-state index in [2.05, 4.69) is 0 Å². The minimum Gasteiger partial charge on any atom is -0.481 e. The average Bonchev–Trinajstić information content (AvgIpc) is 3.32. The van der Waals surface area contributed by atoms with Gasteiger partial charge in [-0.05, 0) is 0 Å². The molecule has 1 aliphatic carbocycles. The predicted octanol–water partition coefficient (Wildman–Crippen LogP) is 0.0139. The van der Waals surface area contributed by atoms with E-state index in [9.17, 15) is 38.7 Å². The molecule has 0 aromatic heterocycles. The van der Waals surface area contributed by atoms with Gasteiger partial charge < -0.3 is 47.7 Å². The maximum Gasteiger partial charge on any atom is 0.313 e. The second-order valence-electron chi connectivity index (χ2n) is 10.6. The van der Waals surface area contributed by atoms with Crippen molar-refractivity contribution >= 4 is 41.8 Å². The first-order valence-electron chi connectivity index (χ1n) is 13.9. The van der Waals surface area contributed by atoms with E-state index in [4.69, 9.17) is 42.6 Å². The van der Waals surface area contributed by atoms with Gasteiger partial charge in [0, 0.05) is 59.3 Å². The fraction of sp³-hybridized carbons (Fsp3) is 0.679. The molecule has 1 N–H and O–H groups in total. The summed E-state index contributed by atoms with van der Waals surface area (Å²) in [6.45, 7) is 5.80. The van der Waals surface area contributed by atoms with Crippen molar-refractivity contribution in [3.63, 3.8) is 0 Å². The van der Waals surface area contributed by atoms with E-state index < -0.39 is 115 Å². The summed E-state index contributed by atoms with van der Waals surface area (Å²) in [7, 11) is 0. The van der Waals surface area contributed by atoms with E-state index in [1.54, 1.807) is 12.2 Å². The zero-order chi connectivity index (χ0) is 33.6. The van der Waals surface area contributed by atoms with Gasteiger partial charge in [0.1, 0.15) is 18.6 Å². The van der Waals surface area contributed by atoms with Gasteiger partial charge in [-0.2, -0.15) is 0 Å². The number of esters is 6. The molecule has 2 saturated heterocycles. The van der Waals surface area contributed by atoms with Crippen molar-refractivity contribution in [1.82, 2.24) is 0 Å². The number of carboxylic acid groups (broad SMARTS) is 1. The molecule has 3 aliphatic rings. The molecule has 2 heterocycles. The molecule has 0 aromatic rings. The molecule has 0 spiro atoms. The Morgan fingerprint density at radius 1 is 0.600 bits per heavy atom. The summed E-state index contributed by atoms with van der Waals surface area (Å²) >= 11 is 0. The lowest BCUT2D eigenvalue weighted by Crippen LogP contribution is -2.64. The van der Waals surface area contributed by atoms with Crippen molar-refractivity contribution in [3.8, 4) is 0 Å². The van der Waals surface area contributed by atoms with Crippen LogP contribution in [-0.4, -0.2) is 103 Å². The van der Waals surface area contributed by atoms with E-state index in [0.29, 0.717) is 0 Å². The molecule has 11 atom stereocenters. The molecule has 45 heavy (non-hydrogen) atoms. The lowest BCUT2D eigenvalue weighted by molar-refractivity contribution is -0.379. The first-order chi connectivity index (χ1) is 21.1. The highest BCUT2D eigenvalue weighted by Crippen LogP contribution is 2.47. The normalized spacial score (nSPS) is 33.6. The number of aliphatic carboxylic acids is 1. The Hall–Kier alpha value is -4.09. The molecule has 2 fully saturated rings. The van der Waals surface area contributed by atoms with Crippen molar-refractivity contribution in [2.45, 2.75) is 84.8 Å². The van der Waals surface area contributed by atoms with Crippen LogP contribution in [0.5, 0.6) is 0 Å². The second-order valence-corrected chi connectivity index (χ2v) is 10.6. The fourth-order valence-corrected chi connectivity index (χ4v) is 5.52. The van der Waals surface area contributed by atoms with Gasteiger partial charge in [0.05, 0.1) is 6.61 Å². The molecule has 0 aromatic carbocycles. The minimum atomic E-state index is -1.69. The molecule has 0 radical (unpaired) electrons. The van der Waals surface area contributed by atoms with Crippen molar-refractivity contribution in [3.05, 3.63) is 12.2 Å². The van der Waals surface area contributed by atoms with Crippen LogP contribution in [-0.2, 0) is 76.2 Å². The number of hydrogen-bond acceptors (Lipinski definition) is 16. The molecule has 0 unspecified atom stereocenters. The quantitative estimate of drug-likeness (QED) is 0.178. The molecule has 3 rings (SSSR count). The van der Waals surface area contributed by atoms with Crippen LogP contribution in [0.2, 0.25) is 0 Å². The highest BCUT2D eigenvalue weighted by molar-refractivity contribution is 5.73. The van der Waals surface area contributed by atoms with Gasteiger partial charge in [-0.1, -0.05) is 12.2 Å². The van der Waals surface area contributed by atoms with Crippen LogP contribution < -0.4 is 0 Å². The summed E-state index contributed by atoms with van der Waals surface area (Å²) in [5, 5.41) is 10.0. The molecule has 250 valence electrons. The number of carboxylic acids is 1. The SMILES string of the molecule is CC(=O)OC[C@H]1C=C[C@@H]2[C@H](C(=O)O)[C@@H](OC(C)=O)O[C@@H](O[C@@H]3O[C@H](COC(C)=O)[C@@H](OC(C)=O)[C@H](OC(C)=O)[C@H]3OC(C)=O)[C@@H]21. The van der Waals surface area contributed by atoms with Gasteiger partial charge in [-0.15, -0.1) is 0 Å². The van der Waals surface area contributed by atoms with Crippen LogP contribution in [0, 0.1) is 23.7 Å². The third kappa shape index (κ3) is 9.21.